The molecule has 0 aliphatic carbocycles. The topological polar surface area (TPSA) is 86.5 Å². The molecule has 27 heavy (non-hydrogen) atoms. The summed E-state index contributed by atoms with van der Waals surface area (Å²) in [6, 6.07) is 13.0. The quantitative estimate of drug-likeness (QED) is 0.669. The van der Waals surface area contributed by atoms with Gasteiger partial charge in [-0.2, -0.15) is 0 Å². The number of benzene rings is 2. The van der Waals surface area contributed by atoms with Crippen molar-refractivity contribution in [3.05, 3.63) is 48.0 Å². The predicted octanol–water partition coefficient (Wildman–Crippen LogP) is 3.89. The molecule has 8 heteroatoms. The minimum atomic E-state index is -0.392. The fraction of sp³-hybridized carbons (Fsp3) is 0.211. The molecule has 4 rings (SSSR count). The lowest BCUT2D eigenvalue weighted by molar-refractivity contribution is -0.115. The lowest BCUT2D eigenvalue weighted by atomic mass is 10.2. The van der Waals surface area contributed by atoms with Gasteiger partial charge in [-0.25, -0.2) is 0 Å². The molecule has 1 aliphatic rings. The van der Waals surface area contributed by atoms with Gasteiger partial charge in [-0.1, -0.05) is 29.5 Å². The summed E-state index contributed by atoms with van der Waals surface area (Å²) >= 11 is 1.21. The average molecular weight is 383 g/mol. The minimum Gasteiger partial charge on any atom is -0.454 e. The molecule has 0 fully saturated rings. The van der Waals surface area contributed by atoms with Gasteiger partial charge in [0, 0.05) is 11.3 Å². The first-order valence-electron chi connectivity index (χ1n) is 8.36. The Balaban J connectivity index is 1.41. The number of aryl methyl sites for hydroxylation is 1. The van der Waals surface area contributed by atoms with E-state index in [0.717, 1.165) is 16.8 Å². The number of rotatable bonds is 5. The standard InChI is InChI=1S/C19H17N3O4S/c1-11-3-6-14(7-4-11)20-17(23)12(2)27-19-22-21-18(26-19)13-5-8-15-16(9-13)25-10-24-15/h3-9,12H,10H2,1-2H3,(H,20,23). The Hall–Kier alpha value is -3.00. The van der Waals surface area contributed by atoms with E-state index in [9.17, 15) is 4.79 Å². The van der Waals surface area contributed by atoms with Gasteiger partial charge in [0.2, 0.25) is 18.6 Å². The van der Waals surface area contributed by atoms with Crippen LogP contribution in [-0.2, 0) is 4.79 Å². The van der Waals surface area contributed by atoms with Gasteiger partial charge in [-0.15, -0.1) is 10.2 Å². The number of ether oxygens (including phenoxy) is 2. The van der Waals surface area contributed by atoms with Gasteiger partial charge in [0.25, 0.3) is 5.22 Å². The highest BCUT2D eigenvalue weighted by Crippen LogP contribution is 2.36. The molecule has 1 N–H and O–H groups in total. The van der Waals surface area contributed by atoms with Crippen molar-refractivity contribution in [3.63, 3.8) is 0 Å². The number of aromatic nitrogens is 2. The van der Waals surface area contributed by atoms with E-state index in [4.69, 9.17) is 13.9 Å². The van der Waals surface area contributed by atoms with Crippen molar-refractivity contribution in [1.29, 1.82) is 0 Å². The second-order valence-corrected chi connectivity index (χ2v) is 7.35. The van der Waals surface area contributed by atoms with E-state index < -0.39 is 5.25 Å². The molecule has 3 aromatic rings. The summed E-state index contributed by atoms with van der Waals surface area (Å²) in [7, 11) is 0. The molecule has 0 saturated heterocycles. The highest BCUT2D eigenvalue weighted by molar-refractivity contribution is 8.00. The van der Waals surface area contributed by atoms with Crippen molar-refractivity contribution >= 4 is 23.4 Å². The number of carbonyl (C=O) groups is 1. The lowest BCUT2D eigenvalue weighted by Crippen LogP contribution is -2.22. The molecule has 0 bridgehead atoms. The van der Waals surface area contributed by atoms with Crippen LogP contribution in [-0.4, -0.2) is 28.1 Å². The van der Waals surface area contributed by atoms with Crippen LogP contribution in [0, 0.1) is 6.92 Å². The predicted molar refractivity (Wildman–Crippen MR) is 101 cm³/mol. The normalized spacial score (nSPS) is 13.4. The van der Waals surface area contributed by atoms with Crippen molar-refractivity contribution in [2.24, 2.45) is 0 Å². The van der Waals surface area contributed by atoms with Crippen molar-refractivity contribution in [2.45, 2.75) is 24.3 Å². The molecule has 138 valence electrons. The summed E-state index contributed by atoms with van der Waals surface area (Å²) in [6.07, 6.45) is 0. The van der Waals surface area contributed by atoms with Crippen molar-refractivity contribution in [1.82, 2.24) is 10.2 Å². The summed E-state index contributed by atoms with van der Waals surface area (Å²) < 4.78 is 16.3. The van der Waals surface area contributed by atoms with Crippen LogP contribution >= 0.6 is 11.8 Å². The first kappa shape index (κ1) is 17.4. The van der Waals surface area contributed by atoms with Gasteiger partial charge < -0.3 is 19.2 Å². The van der Waals surface area contributed by atoms with Gasteiger partial charge in [0.1, 0.15) is 0 Å². The van der Waals surface area contributed by atoms with E-state index in [1.165, 1.54) is 11.8 Å². The Morgan fingerprint density at radius 1 is 1.11 bits per heavy atom. The summed E-state index contributed by atoms with van der Waals surface area (Å²) in [6.45, 7) is 3.99. The van der Waals surface area contributed by atoms with E-state index in [1.54, 1.807) is 19.1 Å². The number of hydrogen-bond acceptors (Lipinski definition) is 7. The Morgan fingerprint density at radius 2 is 1.89 bits per heavy atom. The zero-order chi connectivity index (χ0) is 18.8. The monoisotopic (exact) mass is 383 g/mol. The Labute approximate surface area is 160 Å². The van der Waals surface area contributed by atoms with Crippen LogP contribution in [0.3, 0.4) is 0 Å². The third-order valence-electron chi connectivity index (χ3n) is 3.99. The second-order valence-electron chi connectivity index (χ2n) is 6.06. The largest absolute Gasteiger partial charge is 0.454 e. The molecular formula is C19H17N3O4S. The van der Waals surface area contributed by atoms with Crippen molar-refractivity contribution < 1.29 is 18.7 Å². The maximum absolute atomic E-state index is 12.4. The van der Waals surface area contributed by atoms with Crippen molar-refractivity contribution in [2.75, 3.05) is 12.1 Å². The number of anilines is 1. The third-order valence-corrected chi connectivity index (χ3v) is 4.93. The Morgan fingerprint density at radius 3 is 2.70 bits per heavy atom. The fourth-order valence-corrected chi connectivity index (χ4v) is 3.17. The summed E-state index contributed by atoms with van der Waals surface area (Å²) in [5.74, 6) is 1.56. The molecule has 2 aromatic carbocycles. The molecule has 7 nitrogen and oxygen atoms in total. The van der Waals surface area contributed by atoms with Gasteiger partial charge in [0.15, 0.2) is 11.5 Å². The molecule has 1 atom stereocenters. The van der Waals surface area contributed by atoms with Crippen LogP contribution in [0.15, 0.2) is 52.1 Å². The van der Waals surface area contributed by atoms with Crippen LogP contribution in [0.5, 0.6) is 11.5 Å². The van der Waals surface area contributed by atoms with Gasteiger partial charge >= 0.3 is 0 Å². The van der Waals surface area contributed by atoms with E-state index in [2.05, 4.69) is 15.5 Å². The number of fused-ring (bicyclic) bond motifs is 1. The number of carbonyl (C=O) groups excluding carboxylic acids is 1. The number of amides is 1. The van der Waals surface area contributed by atoms with Crippen LogP contribution in [0.2, 0.25) is 0 Å². The summed E-state index contributed by atoms with van der Waals surface area (Å²) in [5.41, 5.74) is 2.62. The first-order chi connectivity index (χ1) is 13.1. The van der Waals surface area contributed by atoms with Gasteiger partial charge in [-0.3, -0.25) is 4.79 Å². The van der Waals surface area contributed by atoms with E-state index in [0.29, 0.717) is 22.6 Å². The Bertz CT molecular complexity index is 971. The second kappa shape index (κ2) is 7.32. The molecule has 0 radical (unpaired) electrons. The average Bonchev–Trinajstić information content (AvgIpc) is 3.32. The van der Waals surface area contributed by atoms with Gasteiger partial charge in [-0.05, 0) is 44.2 Å². The van der Waals surface area contributed by atoms with Crippen molar-refractivity contribution in [3.8, 4) is 23.0 Å². The van der Waals surface area contributed by atoms with E-state index in [-0.39, 0.29) is 12.7 Å². The van der Waals surface area contributed by atoms with Crippen LogP contribution in [0.4, 0.5) is 5.69 Å². The molecule has 1 unspecified atom stereocenters. The molecule has 1 aliphatic heterocycles. The zero-order valence-corrected chi connectivity index (χ0v) is 15.6. The highest BCUT2D eigenvalue weighted by Gasteiger charge is 2.20. The van der Waals surface area contributed by atoms with Crippen LogP contribution in [0.25, 0.3) is 11.5 Å². The van der Waals surface area contributed by atoms with E-state index in [1.807, 2.05) is 37.3 Å². The molecule has 0 saturated carbocycles. The molecular weight excluding hydrogens is 366 g/mol. The number of nitrogens with zero attached hydrogens (tertiary/aromatic N) is 2. The fourth-order valence-electron chi connectivity index (χ4n) is 2.49. The van der Waals surface area contributed by atoms with Crippen LogP contribution in [0.1, 0.15) is 12.5 Å². The summed E-state index contributed by atoms with van der Waals surface area (Å²) in [5, 5.41) is 10.9. The maximum atomic E-state index is 12.4. The minimum absolute atomic E-state index is 0.133. The lowest BCUT2D eigenvalue weighted by Gasteiger charge is -2.10. The number of hydrogen-bond donors (Lipinski definition) is 1. The molecule has 2 heterocycles. The maximum Gasteiger partial charge on any atom is 0.277 e. The molecule has 1 amide bonds. The summed E-state index contributed by atoms with van der Waals surface area (Å²) in [4.78, 5) is 12.4. The molecule has 0 spiro atoms. The zero-order valence-electron chi connectivity index (χ0n) is 14.8. The Kier molecular flexibility index (Phi) is 4.72. The third kappa shape index (κ3) is 3.90. The SMILES string of the molecule is Cc1ccc(NC(=O)C(C)Sc2nnc(-c3ccc4c(c3)OCO4)o2)cc1. The van der Waals surface area contributed by atoms with E-state index >= 15 is 0 Å². The van der Waals surface area contributed by atoms with Gasteiger partial charge in [0.05, 0.1) is 5.25 Å². The molecule has 1 aromatic heterocycles. The number of nitrogens with one attached hydrogen (secondary N) is 1. The van der Waals surface area contributed by atoms with Crippen LogP contribution < -0.4 is 14.8 Å². The first-order valence-corrected chi connectivity index (χ1v) is 9.24. The highest BCUT2D eigenvalue weighted by atomic mass is 32.2. The smallest absolute Gasteiger partial charge is 0.277 e. The number of thioether (sulfide) groups is 1.